The van der Waals surface area contributed by atoms with Crippen molar-refractivity contribution in [2.45, 2.75) is 53.0 Å². The van der Waals surface area contributed by atoms with Gasteiger partial charge >= 0.3 is 0 Å². The lowest BCUT2D eigenvalue weighted by Gasteiger charge is -2.45. The van der Waals surface area contributed by atoms with E-state index < -0.39 is 0 Å². The second kappa shape index (κ2) is 4.28. The van der Waals surface area contributed by atoms with Crippen LogP contribution in [0.2, 0.25) is 0 Å². The van der Waals surface area contributed by atoms with Crippen LogP contribution in [0, 0.1) is 10.8 Å². The lowest BCUT2D eigenvalue weighted by Crippen LogP contribution is -2.40. The number of aromatic nitrogens is 2. The van der Waals surface area contributed by atoms with Crippen molar-refractivity contribution >= 4 is 5.82 Å². The van der Waals surface area contributed by atoms with Crippen LogP contribution in [0.4, 0.5) is 5.82 Å². The first-order valence-corrected chi connectivity index (χ1v) is 6.39. The zero-order valence-electron chi connectivity index (χ0n) is 11.3. The third-order valence-corrected chi connectivity index (χ3v) is 3.49. The highest BCUT2D eigenvalue weighted by Crippen LogP contribution is 2.46. The monoisotopic (exact) mass is 233 g/mol. The van der Waals surface area contributed by atoms with E-state index in [0.717, 1.165) is 5.82 Å². The summed E-state index contributed by atoms with van der Waals surface area (Å²) in [7, 11) is 0. The van der Waals surface area contributed by atoms with E-state index in [-0.39, 0.29) is 0 Å². The molecule has 3 heteroatoms. The first-order valence-electron chi connectivity index (χ1n) is 6.39. The van der Waals surface area contributed by atoms with Crippen LogP contribution in [0.25, 0.3) is 0 Å². The summed E-state index contributed by atoms with van der Waals surface area (Å²) in [5, 5.41) is 3.54. The molecule has 1 aromatic heterocycles. The van der Waals surface area contributed by atoms with Gasteiger partial charge in [0.1, 0.15) is 12.1 Å². The molecule has 0 unspecified atom stereocenters. The van der Waals surface area contributed by atoms with Gasteiger partial charge in [0.15, 0.2) is 0 Å². The molecule has 1 heterocycles. The molecule has 1 saturated carbocycles. The highest BCUT2D eigenvalue weighted by Gasteiger charge is 2.38. The molecule has 1 fully saturated rings. The van der Waals surface area contributed by atoms with Crippen LogP contribution in [0.15, 0.2) is 18.6 Å². The molecule has 1 aliphatic rings. The SMILES string of the molecule is CC1(C)CC(Nc2ccncn2)CC(C)(C)C1. The largest absolute Gasteiger partial charge is 0.367 e. The van der Waals surface area contributed by atoms with Gasteiger partial charge in [0, 0.05) is 12.2 Å². The molecular weight excluding hydrogens is 210 g/mol. The molecule has 1 N–H and O–H groups in total. The molecule has 3 nitrogen and oxygen atoms in total. The van der Waals surface area contributed by atoms with E-state index in [4.69, 9.17) is 0 Å². The molecule has 0 radical (unpaired) electrons. The van der Waals surface area contributed by atoms with Crippen molar-refractivity contribution < 1.29 is 0 Å². The van der Waals surface area contributed by atoms with Gasteiger partial charge < -0.3 is 5.32 Å². The Bertz CT molecular complexity index is 354. The molecule has 94 valence electrons. The van der Waals surface area contributed by atoms with Crippen LogP contribution in [0.3, 0.4) is 0 Å². The van der Waals surface area contributed by atoms with Crippen molar-refractivity contribution in [2.24, 2.45) is 10.8 Å². The number of nitrogens with one attached hydrogen (secondary N) is 1. The molecule has 1 aromatic rings. The summed E-state index contributed by atoms with van der Waals surface area (Å²) in [5.41, 5.74) is 0.818. The number of nitrogens with zero attached hydrogens (tertiary/aromatic N) is 2. The first kappa shape index (κ1) is 12.3. The molecular formula is C14H23N3. The summed E-state index contributed by atoms with van der Waals surface area (Å²) in [4.78, 5) is 8.19. The summed E-state index contributed by atoms with van der Waals surface area (Å²) in [6.07, 6.45) is 7.10. The van der Waals surface area contributed by atoms with Crippen LogP contribution >= 0.6 is 0 Å². The van der Waals surface area contributed by atoms with Gasteiger partial charge in [-0.15, -0.1) is 0 Å². The molecule has 17 heavy (non-hydrogen) atoms. The molecule has 0 aromatic carbocycles. The Hall–Kier alpha value is -1.12. The van der Waals surface area contributed by atoms with Gasteiger partial charge in [0.05, 0.1) is 0 Å². The third kappa shape index (κ3) is 3.42. The van der Waals surface area contributed by atoms with E-state index in [1.807, 2.05) is 6.07 Å². The average molecular weight is 233 g/mol. The lowest BCUT2D eigenvalue weighted by atomic mass is 9.63. The zero-order valence-corrected chi connectivity index (χ0v) is 11.3. The van der Waals surface area contributed by atoms with Crippen molar-refractivity contribution in [3.8, 4) is 0 Å². The van der Waals surface area contributed by atoms with E-state index in [1.54, 1.807) is 12.5 Å². The predicted octanol–water partition coefficient (Wildman–Crippen LogP) is 3.49. The van der Waals surface area contributed by atoms with E-state index in [1.165, 1.54) is 19.3 Å². The predicted molar refractivity (Wildman–Crippen MR) is 70.9 cm³/mol. The fourth-order valence-electron chi connectivity index (χ4n) is 3.53. The van der Waals surface area contributed by atoms with Crippen molar-refractivity contribution in [1.29, 1.82) is 0 Å². The number of anilines is 1. The Balaban J connectivity index is 2.06. The number of hydrogen-bond acceptors (Lipinski definition) is 3. The van der Waals surface area contributed by atoms with Crippen LogP contribution in [-0.4, -0.2) is 16.0 Å². The second-order valence-corrected chi connectivity index (χ2v) is 6.85. The van der Waals surface area contributed by atoms with Gasteiger partial charge in [-0.25, -0.2) is 9.97 Å². The molecule has 0 bridgehead atoms. The minimum atomic E-state index is 0.409. The topological polar surface area (TPSA) is 37.8 Å². The highest BCUT2D eigenvalue weighted by molar-refractivity contribution is 5.33. The summed E-state index contributed by atoms with van der Waals surface area (Å²) >= 11 is 0. The third-order valence-electron chi connectivity index (χ3n) is 3.49. The number of hydrogen-bond donors (Lipinski definition) is 1. The highest BCUT2D eigenvalue weighted by atomic mass is 15.0. The quantitative estimate of drug-likeness (QED) is 0.849. The molecule has 2 rings (SSSR count). The van der Waals surface area contributed by atoms with Crippen molar-refractivity contribution in [3.05, 3.63) is 18.6 Å². The Morgan fingerprint density at radius 2 is 1.82 bits per heavy atom. The summed E-state index contributed by atoms with van der Waals surface area (Å²) < 4.78 is 0. The average Bonchev–Trinajstić information content (AvgIpc) is 2.13. The Morgan fingerprint density at radius 3 is 2.35 bits per heavy atom. The minimum Gasteiger partial charge on any atom is -0.367 e. The molecule has 0 spiro atoms. The maximum absolute atomic E-state index is 4.25. The van der Waals surface area contributed by atoms with Gasteiger partial charge in [-0.05, 0) is 36.2 Å². The Labute approximate surface area is 104 Å². The van der Waals surface area contributed by atoms with Crippen molar-refractivity contribution in [2.75, 3.05) is 5.32 Å². The van der Waals surface area contributed by atoms with Crippen molar-refractivity contribution in [3.63, 3.8) is 0 Å². The van der Waals surface area contributed by atoms with Gasteiger partial charge in [0.25, 0.3) is 0 Å². The maximum atomic E-state index is 4.25. The van der Waals surface area contributed by atoms with E-state index >= 15 is 0 Å². The number of rotatable bonds is 2. The molecule has 0 saturated heterocycles. The molecule has 1 aliphatic carbocycles. The van der Waals surface area contributed by atoms with Crippen LogP contribution < -0.4 is 5.32 Å². The smallest absolute Gasteiger partial charge is 0.129 e. The molecule has 0 amide bonds. The van der Waals surface area contributed by atoms with Crippen LogP contribution in [0.5, 0.6) is 0 Å². The summed E-state index contributed by atoms with van der Waals surface area (Å²) in [6, 6.07) is 2.46. The minimum absolute atomic E-state index is 0.409. The van der Waals surface area contributed by atoms with E-state index in [2.05, 4.69) is 43.0 Å². The molecule has 0 atom stereocenters. The lowest BCUT2D eigenvalue weighted by molar-refractivity contribution is 0.105. The second-order valence-electron chi connectivity index (χ2n) is 6.85. The van der Waals surface area contributed by atoms with E-state index in [9.17, 15) is 0 Å². The normalized spacial score (nSPS) is 23.3. The zero-order chi connectivity index (χ0) is 12.5. The fourth-order valence-corrected chi connectivity index (χ4v) is 3.53. The Kier molecular flexibility index (Phi) is 3.11. The van der Waals surface area contributed by atoms with Crippen molar-refractivity contribution in [1.82, 2.24) is 9.97 Å². The standard InChI is InChI=1S/C14H23N3/c1-13(2)7-11(8-14(3,4)9-13)17-12-5-6-15-10-16-12/h5-6,10-11H,7-9H2,1-4H3,(H,15,16,17). The maximum Gasteiger partial charge on any atom is 0.129 e. The van der Waals surface area contributed by atoms with Crippen LogP contribution in [0.1, 0.15) is 47.0 Å². The van der Waals surface area contributed by atoms with Gasteiger partial charge in [-0.2, -0.15) is 0 Å². The summed E-state index contributed by atoms with van der Waals surface area (Å²) in [5.74, 6) is 0.943. The first-order chi connectivity index (χ1) is 7.86. The van der Waals surface area contributed by atoms with E-state index in [0.29, 0.717) is 16.9 Å². The summed E-state index contributed by atoms with van der Waals surface area (Å²) in [6.45, 7) is 9.45. The van der Waals surface area contributed by atoms with Gasteiger partial charge in [-0.1, -0.05) is 27.7 Å². The molecule has 0 aliphatic heterocycles. The Morgan fingerprint density at radius 1 is 1.18 bits per heavy atom. The van der Waals surface area contributed by atoms with Crippen LogP contribution in [-0.2, 0) is 0 Å². The van der Waals surface area contributed by atoms with Gasteiger partial charge in [-0.3, -0.25) is 0 Å². The fraction of sp³-hybridized carbons (Fsp3) is 0.714. The van der Waals surface area contributed by atoms with Gasteiger partial charge in [0.2, 0.25) is 0 Å².